The van der Waals surface area contributed by atoms with Gasteiger partial charge in [-0.1, -0.05) is 36.4 Å². The van der Waals surface area contributed by atoms with Crippen LogP contribution in [0.15, 0.2) is 48.5 Å². The monoisotopic (exact) mass is 346 g/mol. The number of rotatable bonds is 3. The number of fused-ring (bicyclic) bond motifs is 1. The molecule has 3 rings (SSSR count). The molecule has 2 aromatic rings. The fraction of sp³-hybridized carbons (Fsp3) is 0.235. The van der Waals surface area contributed by atoms with Crippen LogP contribution < -0.4 is 5.32 Å². The topological polar surface area (TPSA) is 86.7 Å². The minimum atomic E-state index is -3.56. The molecule has 0 aromatic heterocycles. The molecule has 7 heteroatoms. The SMILES string of the molecule is CS(=O)(=O)N1Cc2ccccc2C[C@H]1C(=O)Nc1ccccc1O. The van der Waals surface area contributed by atoms with Crippen LogP contribution >= 0.6 is 0 Å². The zero-order valence-corrected chi connectivity index (χ0v) is 14.0. The lowest BCUT2D eigenvalue weighted by molar-refractivity contribution is -0.120. The van der Waals surface area contributed by atoms with Gasteiger partial charge in [-0.05, 0) is 29.7 Å². The van der Waals surface area contributed by atoms with Crippen molar-refractivity contribution < 1.29 is 18.3 Å². The smallest absolute Gasteiger partial charge is 0.243 e. The number of aromatic hydroxyl groups is 1. The number of hydrogen-bond donors (Lipinski definition) is 2. The van der Waals surface area contributed by atoms with Gasteiger partial charge in [-0.25, -0.2) is 8.42 Å². The minimum absolute atomic E-state index is 0.0621. The molecule has 0 fully saturated rings. The molecular weight excluding hydrogens is 328 g/mol. The lowest BCUT2D eigenvalue weighted by atomic mass is 9.95. The molecule has 2 aromatic carbocycles. The van der Waals surface area contributed by atoms with Gasteiger partial charge in [-0.2, -0.15) is 4.31 Å². The van der Waals surface area contributed by atoms with E-state index in [1.807, 2.05) is 24.3 Å². The van der Waals surface area contributed by atoms with Gasteiger partial charge in [0.15, 0.2) is 0 Å². The predicted octanol–water partition coefficient (Wildman–Crippen LogP) is 1.72. The second-order valence-corrected chi connectivity index (χ2v) is 7.74. The van der Waals surface area contributed by atoms with E-state index in [2.05, 4.69) is 5.32 Å². The Bertz CT molecular complexity index is 880. The van der Waals surface area contributed by atoms with Crippen LogP contribution in [0.5, 0.6) is 5.75 Å². The Morgan fingerprint density at radius 2 is 1.75 bits per heavy atom. The number of phenolic OH excluding ortho intramolecular Hbond substituents is 1. The number of para-hydroxylation sites is 2. The maximum Gasteiger partial charge on any atom is 0.243 e. The van der Waals surface area contributed by atoms with Gasteiger partial charge >= 0.3 is 0 Å². The van der Waals surface area contributed by atoms with Gasteiger partial charge in [-0.3, -0.25) is 4.79 Å². The third-order valence-electron chi connectivity index (χ3n) is 4.10. The second-order valence-electron chi connectivity index (χ2n) is 5.80. The molecule has 1 aliphatic rings. The van der Waals surface area contributed by atoms with Crippen LogP contribution in [0.25, 0.3) is 0 Å². The number of nitrogens with zero attached hydrogens (tertiary/aromatic N) is 1. The van der Waals surface area contributed by atoms with E-state index in [-0.39, 0.29) is 18.0 Å². The lowest BCUT2D eigenvalue weighted by Gasteiger charge is -2.34. The first-order valence-corrected chi connectivity index (χ1v) is 9.33. The van der Waals surface area contributed by atoms with Crippen LogP contribution in [0.1, 0.15) is 11.1 Å². The summed E-state index contributed by atoms with van der Waals surface area (Å²) in [5.41, 5.74) is 2.11. The lowest BCUT2D eigenvalue weighted by Crippen LogP contribution is -2.50. The number of carbonyl (C=O) groups excluding carboxylic acids is 1. The quantitative estimate of drug-likeness (QED) is 0.829. The molecule has 1 heterocycles. The van der Waals surface area contributed by atoms with Crippen molar-refractivity contribution in [3.05, 3.63) is 59.7 Å². The average molecular weight is 346 g/mol. The Kier molecular flexibility index (Phi) is 4.29. The number of hydrogen-bond acceptors (Lipinski definition) is 4. The van der Waals surface area contributed by atoms with E-state index >= 15 is 0 Å². The normalized spacial score (nSPS) is 18.0. The summed E-state index contributed by atoms with van der Waals surface area (Å²) >= 11 is 0. The molecule has 1 aliphatic heterocycles. The first-order chi connectivity index (χ1) is 11.4. The third-order valence-corrected chi connectivity index (χ3v) is 5.33. The van der Waals surface area contributed by atoms with Crippen molar-refractivity contribution in [1.82, 2.24) is 4.31 Å². The van der Waals surface area contributed by atoms with Gasteiger partial charge in [0.2, 0.25) is 15.9 Å². The Hall–Kier alpha value is -2.38. The van der Waals surface area contributed by atoms with Crippen LogP contribution in [-0.4, -0.2) is 36.0 Å². The molecule has 1 amide bonds. The van der Waals surface area contributed by atoms with E-state index in [1.165, 1.54) is 10.4 Å². The molecule has 0 bridgehead atoms. The summed E-state index contributed by atoms with van der Waals surface area (Å²) in [5, 5.41) is 12.4. The number of phenols is 1. The second kappa shape index (κ2) is 6.26. The van der Waals surface area contributed by atoms with Crippen molar-refractivity contribution in [3.8, 4) is 5.75 Å². The van der Waals surface area contributed by atoms with Crippen molar-refractivity contribution in [2.45, 2.75) is 19.0 Å². The summed E-state index contributed by atoms with van der Waals surface area (Å²) in [4.78, 5) is 12.7. The molecule has 0 saturated carbocycles. The van der Waals surface area contributed by atoms with E-state index in [0.717, 1.165) is 17.4 Å². The Labute approximate surface area is 140 Å². The van der Waals surface area contributed by atoms with Crippen LogP contribution in [0.2, 0.25) is 0 Å². The van der Waals surface area contributed by atoms with E-state index in [9.17, 15) is 18.3 Å². The van der Waals surface area contributed by atoms with Gasteiger partial charge < -0.3 is 10.4 Å². The molecule has 0 saturated heterocycles. The van der Waals surface area contributed by atoms with Crippen LogP contribution in [0.4, 0.5) is 5.69 Å². The third kappa shape index (κ3) is 3.27. The highest BCUT2D eigenvalue weighted by Crippen LogP contribution is 2.27. The van der Waals surface area contributed by atoms with Gasteiger partial charge in [0.05, 0.1) is 11.9 Å². The summed E-state index contributed by atoms with van der Waals surface area (Å²) in [6.07, 6.45) is 1.39. The Balaban J connectivity index is 1.92. The van der Waals surface area contributed by atoms with Crippen molar-refractivity contribution in [1.29, 1.82) is 0 Å². The van der Waals surface area contributed by atoms with Gasteiger partial charge in [-0.15, -0.1) is 0 Å². The van der Waals surface area contributed by atoms with Crippen LogP contribution in [0, 0.1) is 0 Å². The molecular formula is C17H18N2O4S. The largest absolute Gasteiger partial charge is 0.506 e. The standard InChI is InChI=1S/C17H18N2O4S/c1-24(22,23)19-11-13-7-3-2-6-12(13)10-15(19)17(21)18-14-8-4-5-9-16(14)20/h2-9,15,20H,10-11H2,1H3,(H,18,21)/t15-/m0/s1. The molecule has 2 N–H and O–H groups in total. The van der Waals surface area contributed by atoms with Crippen LogP contribution in [0.3, 0.4) is 0 Å². The maximum atomic E-state index is 12.7. The highest BCUT2D eigenvalue weighted by molar-refractivity contribution is 7.88. The summed E-state index contributed by atoms with van der Waals surface area (Å²) in [5.74, 6) is -0.524. The van der Waals surface area contributed by atoms with E-state index < -0.39 is 22.0 Å². The first kappa shape index (κ1) is 16.5. The fourth-order valence-corrected chi connectivity index (χ4v) is 3.87. The number of sulfonamides is 1. The summed E-state index contributed by atoms with van der Waals surface area (Å²) in [6, 6.07) is 13.0. The van der Waals surface area contributed by atoms with Crippen molar-refractivity contribution in [2.75, 3.05) is 11.6 Å². The van der Waals surface area contributed by atoms with E-state index in [1.54, 1.807) is 18.2 Å². The van der Waals surface area contributed by atoms with E-state index in [4.69, 9.17) is 0 Å². The van der Waals surface area contributed by atoms with Gasteiger partial charge in [0, 0.05) is 6.54 Å². The summed E-state index contributed by atoms with van der Waals surface area (Å²) < 4.78 is 25.5. The zero-order chi connectivity index (χ0) is 17.3. The molecule has 1 atom stereocenters. The number of carbonyl (C=O) groups is 1. The summed E-state index contributed by atoms with van der Waals surface area (Å²) in [7, 11) is -3.56. The minimum Gasteiger partial charge on any atom is -0.506 e. The van der Waals surface area contributed by atoms with Crippen molar-refractivity contribution in [3.63, 3.8) is 0 Å². The van der Waals surface area contributed by atoms with Crippen molar-refractivity contribution in [2.24, 2.45) is 0 Å². The van der Waals surface area contributed by atoms with Gasteiger partial charge in [0.1, 0.15) is 11.8 Å². The number of amides is 1. The predicted molar refractivity (Wildman–Crippen MR) is 91.1 cm³/mol. The molecule has 0 radical (unpaired) electrons. The molecule has 24 heavy (non-hydrogen) atoms. The number of nitrogens with one attached hydrogen (secondary N) is 1. The zero-order valence-electron chi connectivity index (χ0n) is 13.1. The number of benzene rings is 2. The molecule has 6 nitrogen and oxygen atoms in total. The highest BCUT2D eigenvalue weighted by atomic mass is 32.2. The first-order valence-electron chi connectivity index (χ1n) is 7.49. The van der Waals surface area contributed by atoms with E-state index in [0.29, 0.717) is 6.42 Å². The molecule has 126 valence electrons. The Morgan fingerprint density at radius 1 is 1.12 bits per heavy atom. The van der Waals surface area contributed by atoms with Crippen molar-refractivity contribution >= 4 is 21.6 Å². The summed E-state index contributed by atoms with van der Waals surface area (Å²) in [6.45, 7) is 0.161. The molecule has 0 aliphatic carbocycles. The average Bonchev–Trinajstić information content (AvgIpc) is 2.55. The molecule has 0 spiro atoms. The van der Waals surface area contributed by atoms with Crippen LogP contribution in [-0.2, 0) is 27.8 Å². The highest BCUT2D eigenvalue weighted by Gasteiger charge is 2.36. The number of anilines is 1. The van der Waals surface area contributed by atoms with Gasteiger partial charge in [0.25, 0.3) is 0 Å². The Morgan fingerprint density at radius 3 is 2.42 bits per heavy atom. The fourth-order valence-electron chi connectivity index (χ4n) is 2.87. The maximum absolute atomic E-state index is 12.7. The molecule has 0 unspecified atom stereocenters.